The van der Waals surface area contributed by atoms with E-state index in [1.807, 2.05) is 35.2 Å². The van der Waals surface area contributed by atoms with Gasteiger partial charge in [-0.2, -0.15) is 8.42 Å². The first kappa shape index (κ1) is 29.5. The summed E-state index contributed by atoms with van der Waals surface area (Å²) in [6.07, 6.45) is 0.366. The number of nitrogens with zero attached hydrogens (tertiary/aromatic N) is 2. The van der Waals surface area contributed by atoms with Crippen LogP contribution < -0.4 is 9.80 Å². The molecule has 2 saturated heterocycles. The highest BCUT2D eigenvalue weighted by Crippen LogP contribution is 2.33. The number of ether oxygens (including phenoxy) is 2. The third-order valence-electron chi connectivity index (χ3n) is 7.26. The summed E-state index contributed by atoms with van der Waals surface area (Å²) in [5.74, 6) is -1.69. The van der Waals surface area contributed by atoms with Gasteiger partial charge in [0.05, 0.1) is 30.1 Å². The van der Waals surface area contributed by atoms with Crippen molar-refractivity contribution in [1.29, 1.82) is 0 Å². The first-order chi connectivity index (χ1) is 20.1. The van der Waals surface area contributed by atoms with Crippen LogP contribution in [0.4, 0.5) is 25.0 Å². The summed E-state index contributed by atoms with van der Waals surface area (Å²) in [6.45, 7) is 0.816. The number of carbonyl (C=O) groups excluding carboxylic acids is 2. The molecule has 0 N–H and O–H groups in total. The molecule has 2 aliphatic heterocycles. The lowest BCUT2D eigenvalue weighted by molar-refractivity contribution is -0.150. The van der Waals surface area contributed by atoms with Gasteiger partial charge in [-0.05, 0) is 54.3 Å². The standard InChI is InChI=1S/C30H30F2N2O7S/c1-42(37,38)40-19-24-17-34(30(36)41-24)23-8-9-25(26(31)16-23)22-7-10-28(27(32)15-22)33-13-11-21(12-14-33)29(35)39-18-20-5-3-2-4-6-20/h2-10,15-16,21,24H,11-14,17-19H2,1H3/t24-/m1/s1. The fourth-order valence-corrected chi connectivity index (χ4v) is 5.46. The largest absolute Gasteiger partial charge is 0.461 e. The molecule has 0 aliphatic carbocycles. The van der Waals surface area contributed by atoms with E-state index < -0.39 is 33.9 Å². The van der Waals surface area contributed by atoms with Gasteiger partial charge in [-0.25, -0.2) is 13.6 Å². The molecule has 2 heterocycles. The minimum atomic E-state index is -3.71. The molecule has 1 atom stereocenters. The molecule has 3 aromatic carbocycles. The lowest BCUT2D eigenvalue weighted by atomic mass is 9.96. The smallest absolute Gasteiger partial charge is 0.414 e. The first-order valence-electron chi connectivity index (χ1n) is 13.4. The average molecular weight is 601 g/mol. The summed E-state index contributed by atoms with van der Waals surface area (Å²) in [5, 5.41) is 0. The van der Waals surface area contributed by atoms with E-state index in [1.54, 1.807) is 12.1 Å². The Morgan fingerprint density at radius 1 is 1.00 bits per heavy atom. The number of cyclic esters (lactones) is 1. The van der Waals surface area contributed by atoms with Crippen molar-refractivity contribution in [1.82, 2.24) is 0 Å². The summed E-state index contributed by atoms with van der Waals surface area (Å²) in [7, 11) is -3.71. The van der Waals surface area contributed by atoms with Gasteiger partial charge >= 0.3 is 12.1 Å². The van der Waals surface area contributed by atoms with Crippen molar-refractivity contribution in [3.63, 3.8) is 0 Å². The number of hydrogen-bond donors (Lipinski definition) is 0. The molecule has 222 valence electrons. The maximum atomic E-state index is 15.2. The van der Waals surface area contributed by atoms with Gasteiger partial charge in [-0.15, -0.1) is 0 Å². The van der Waals surface area contributed by atoms with Crippen LogP contribution in [0.15, 0.2) is 66.7 Å². The molecule has 0 saturated carbocycles. The topological polar surface area (TPSA) is 102 Å². The van der Waals surface area contributed by atoms with Gasteiger partial charge in [-0.3, -0.25) is 13.9 Å². The SMILES string of the molecule is CS(=O)(=O)OC[C@H]1CN(c2ccc(-c3ccc(N4CCC(C(=O)OCc5ccccc5)CC4)c(F)c3)c(F)c2)C(=O)O1. The Bertz CT molecular complexity index is 1560. The molecular formula is C30H30F2N2O7S. The van der Waals surface area contributed by atoms with E-state index in [0.717, 1.165) is 17.9 Å². The quantitative estimate of drug-likeness (QED) is 0.253. The summed E-state index contributed by atoms with van der Waals surface area (Å²) in [4.78, 5) is 27.8. The van der Waals surface area contributed by atoms with Crippen molar-refractivity contribution in [2.75, 3.05) is 42.3 Å². The van der Waals surface area contributed by atoms with Gasteiger partial charge in [0.15, 0.2) is 0 Å². The number of amides is 1. The average Bonchev–Trinajstić information content (AvgIpc) is 3.35. The van der Waals surface area contributed by atoms with Gasteiger partial charge in [0.2, 0.25) is 0 Å². The van der Waals surface area contributed by atoms with E-state index in [9.17, 15) is 18.0 Å². The van der Waals surface area contributed by atoms with Crippen LogP contribution in [0.25, 0.3) is 11.1 Å². The number of anilines is 2. The maximum Gasteiger partial charge on any atom is 0.414 e. The van der Waals surface area contributed by atoms with Crippen molar-refractivity contribution in [2.24, 2.45) is 5.92 Å². The van der Waals surface area contributed by atoms with Crippen molar-refractivity contribution in [3.05, 3.63) is 83.9 Å². The van der Waals surface area contributed by atoms with Crippen molar-refractivity contribution >= 4 is 33.6 Å². The number of piperidine rings is 1. The normalized spacial score (nSPS) is 17.8. The molecule has 12 heteroatoms. The fraction of sp³-hybridized carbons (Fsp3) is 0.333. The molecule has 1 amide bonds. The predicted octanol–water partition coefficient (Wildman–Crippen LogP) is 4.89. The number of carbonyl (C=O) groups is 2. The minimum Gasteiger partial charge on any atom is -0.461 e. The van der Waals surface area contributed by atoms with Gasteiger partial charge in [0.1, 0.15) is 31.0 Å². The van der Waals surface area contributed by atoms with Crippen molar-refractivity contribution < 1.29 is 40.4 Å². The molecule has 2 fully saturated rings. The van der Waals surface area contributed by atoms with Crippen LogP contribution in [0.1, 0.15) is 18.4 Å². The zero-order valence-electron chi connectivity index (χ0n) is 22.9. The molecule has 2 aliphatic rings. The molecule has 42 heavy (non-hydrogen) atoms. The highest BCUT2D eigenvalue weighted by atomic mass is 32.2. The third-order valence-corrected chi connectivity index (χ3v) is 7.82. The second kappa shape index (κ2) is 12.5. The van der Waals surface area contributed by atoms with E-state index in [1.165, 1.54) is 23.1 Å². The Morgan fingerprint density at radius 2 is 1.74 bits per heavy atom. The Kier molecular flexibility index (Phi) is 8.74. The molecule has 3 aromatic rings. The monoisotopic (exact) mass is 600 g/mol. The fourth-order valence-electron chi connectivity index (χ4n) is 5.06. The van der Waals surface area contributed by atoms with Crippen LogP contribution in [-0.2, 0) is 35.2 Å². The molecule has 0 bridgehead atoms. The van der Waals surface area contributed by atoms with Gasteiger partial charge < -0.3 is 14.4 Å². The Morgan fingerprint density at radius 3 is 2.40 bits per heavy atom. The highest BCUT2D eigenvalue weighted by molar-refractivity contribution is 7.85. The molecule has 5 rings (SSSR count). The lowest BCUT2D eigenvalue weighted by Gasteiger charge is -2.33. The zero-order valence-corrected chi connectivity index (χ0v) is 23.7. The molecule has 0 aromatic heterocycles. The van der Waals surface area contributed by atoms with Crippen LogP contribution in [0, 0.1) is 17.6 Å². The molecule has 0 radical (unpaired) electrons. The van der Waals surface area contributed by atoms with Gasteiger partial charge in [-0.1, -0.05) is 36.4 Å². The summed E-state index contributed by atoms with van der Waals surface area (Å²) >= 11 is 0. The summed E-state index contributed by atoms with van der Waals surface area (Å²) in [5.41, 5.74) is 1.97. The van der Waals surface area contributed by atoms with Crippen molar-refractivity contribution in [2.45, 2.75) is 25.6 Å². The Labute approximate surface area is 242 Å². The van der Waals surface area contributed by atoms with E-state index in [0.29, 0.717) is 37.2 Å². The maximum absolute atomic E-state index is 15.2. The number of halogens is 2. The number of esters is 1. The molecule has 0 spiro atoms. The van der Waals surface area contributed by atoms with E-state index in [-0.39, 0.29) is 42.9 Å². The van der Waals surface area contributed by atoms with Crippen LogP contribution >= 0.6 is 0 Å². The second-order valence-electron chi connectivity index (χ2n) is 10.3. The van der Waals surface area contributed by atoms with E-state index >= 15 is 8.78 Å². The van der Waals surface area contributed by atoms with Crippen LogP contribution in [0.5, 0.6) is 0 Å². The summed E-state index contributed by atoms with van der Waals surface area (Å²) < 4.78 is 68.0. The highest BCUT2D eigenvalue weighted by Gasteiger charge is 2.34. The molecule has 9 nitrogen and oxygen atoms in total. The van der Waals surface area contributed by atoms with E-state index in [2.05, 4.69) is 4.18 Å². The number of hydrogen-bond acceptors (Lipinski definition) is 8. The minimum absolute atomic E-state index is 0.0160. The zero-order chi connectivity index (χ0) is 29.9. The number of benzene rings is 3. The van der Waals surface area contributed by atoms with Gasteiger partial charge in [0, 0.05) is 18.7 Å². The number of rotatable bonds is 9. The molecule has 0 unspecified atom stereocenters. The second-order valence-corrected chi connectivity index (χ2v) is 11.9. The van der Waals surface area contributed by atoms with Crippen LogP contribution in [-0.4, -0.2) is 59.1 Å². The predicted molar refractivity (Wildman–Crippen MR) is 151 cm³/mol. The third kappa shape index (κ3) is 7.05. The summed E-state index contributed by atoms with van der Waals surface area (Å²) in [6, 6.07) is 18.0. The first-order valence-corrected chi connectivity index (χ1v) is 15.3. The Balaban J connectivity index is 1.19. The van der Waals surface area contributed by atoms with Crippen molar-refractivity contribution in [3.8, 4) is 11.1 Å². The lowest BCUT2D eigenvalue weighted by Crippen LogP contribution is -2.37. The molecular weight excluding hydrogens is 570 g/mol. The van der Waals surface area contributed by atoms with E-state index in [4.69, 9.17) is 9.47 Å². The Hall–Kier alpha value is -4.03. The van der Waals surface area contributed by atoms with Crippen LogP contribution in [0.3, 0.4) is 0 Å². The van der Waals surface area contributed by atoms with Crippen LogP contribution in [0.2, 0.25) is 0 Å². The van der Waals surface area contributed by atoms with Gasteiger partial charge in [0.25, 0.3) is 10.1 Å².